The van der Waals surface area contributed by atoms with E-state index in [2.05, 4.69) is 29.6 Å². The maximum atomic E-state index is 12.6. The molecule has 0 saturated carbocycles. The Labute approximate surface area is 191 Å². The van der Waals surface area contributed by atoms with E-state index >= 15 is 0 Å². The lowest BCUT2D eigenvalue weighted by atomic mass is 10.2. The molecule has 1 heterocycles. The van der Waals surface area contributed by atoms with Crippen LogP contribution in [0.15, 0.2) is 24.3 Å². The zero-order valence-electron chi connectivity index (χ0n) is 19.5. The Balaban J connectivity index is 1.79. The van der Waals surface area contributed by atoms with Gasteiger partial charge in [-0.25, -0.2) is 0 Å². The third kappa shape index (κ3) is 6.64. The summed E-state index contributed by atoms with van der Waals surface area (Å²) < 4.78 is 28.1. The fourth-order valence-corrected chi connectivity index (χ4v) is 5.29. The number of piperazine rings is 1. The molecule has 0 aliphatic carbocycles. The fraction of sp³-hybridized carbons (Fsp3) is 0.619. The Kier molecular flexibility index (Phi) is 9.88. The first-order valence-corrected chi connectivity index (χ1v) is 12.6. The minimum absolute atomic E-state index is 0.0837. The van der Waals surface area contributed by atoms with Crippen LogP contribution in [0.3, 0.4) is 0 Å². The van der Waals surface area contributed by atoms with Crippen molar-refractivity contribution >= 4 is 27.7 Å². The van der Waals surface area contributed by atoms with Crippen molar-refractivity contribution in [2.75, 3.05) is 63.8 Å². The molecule has 0 spiro atoms. The van der Waals surface area contributed by atoms with Gasteiger partial charge < -0.3 is 4.90 Å². The molecule has 1 aromatic carbocycles. The average Bonchev–Trinajstić information content (AvgIpc) is 2.79. The molecule has 1 aliphatic heterocycles. The lowest BCUT2D eigenvalue weighted by molar-refractivity contribution is -0.123. The largest absolute Gasteiger partial charge is 0.372 e. The molecule has 11 heteroatoms. The van der Waals surface area contributed by atoms with Crippen molar-refractivity contribution in [3.63, 3.8) is 0 Å². The number of hydrogen-bond donors (Lipinski definition) is 2. The minimum atomic E-state index is -3.46. The number of rotatable bonds is 10. The van der Waals surface area contributed by atoms with Gasteiger partial charge in [-0.2, -0.15) is 17.0 Å². The van der Waals surface area contributed by atoms with Crippen LogP contribution in [0, 0.1) is 0 Å². The molecule has 10 nitrogen and oxygen atoms in total. The van der Waals surface area contributed by atoms with Crippen molar-refractivity contribution in [2.24, 2.45) is 0 Å². The number of benzene rings is 1. The molecule has 32 heavy (non-hydrogen) atoms. The highest BCUT2D eigenvalue weighted by Crippen LogP contribution is 2.15. The van der Waals surface area contributed by atoms with Crippen LogP contribution >= 0.6 is 0 Å². The zero-order chi connectivity index (χ0) is 23.7. The summed E-state index contributed by atoms with van der Waals surface area (Å²) in [7, 11) is -3.46. The smallest absolute Gasteiger partial charge is 0.282 e. The Morgan fingerprint density at radius 3 is 1.94 bits per heavy atom. The van der Waals surface area contributed by atoms with E-state index in [0.717, 1.165) is 18.8 Å². The quantitative estimate of drug-likeness (QED) is 0.485. The predicted octanol–water partition coefficient (Wildman–Crippen LogP) is 0.498. The molecule has 0 aromatic heterocycles. The maximum Gasteiger partial charge on any atom is 0.282 e. The fourth-order valence-electron chi connectivity index (χ4n) is 3.69. The number of amides is 2. The second-order valence-electron chi connectivity index (χ2n) is 7.49. The highest BCUT2D eigenvalue weighted by Gasteiger charge is 2.31. The molecular weight excluding hydrogens is 432 g/mol. The summed E-state index contributed by atoms with van der Waals surface area (Å²) in [6, 6.07) is 7.22. The standard InChI is InChI=1S/C21H36N6O4S/c1-5-25(6-2)19-11-9-18(10-12-19)21(29)23-22-20(28)17-24-13-15-27(16-14-24)32(30,31)26(7-3)8-4/h9-12H,5-8,13-17H2,1-4H3,(H,22,28)(H,23,29). The van der Waals surface area contributed by atoms with Gasteiger partial charge in [0.05, 0.1) is 6.54 Å². The monoisotopic (exact) mass is 468 g/mol. The van der Waals surface area contributed by atoms with E-state index in [9.17, 15) is 18.0 Å². The zero-order valence-corrected chi connectivity index (χ0v) is 20.3. The van der Waals surface area contributed by atoms with Crippen LogP contribution in [0.25, 0.3) is 0 Å². The topological polar surface area (TPSA) is 105 Å². The van der Waals surface area contributed by atoms with Gasteiger partial charge in [0.15, 0.2) is 0 Å². The van der Waals surface area contributed by atoms with Crippen molar-refractivity contribution in [1.82, 2.24) is 24.4 Å². The average molecular weight is 469 g/mol. The predicted molar refractivity (Wildman–Crippen MR) is 125 cm³/mol. The number of anilines is 1. The van der Waals surface area contributed by atoms with E-state index in [-0.39, 0.29) is 18.4 Å². The van der Waals surface area contributed by atoms with E-state index in [0.29, 0.717) is 44.8 Å². The van der Waals surface area contributed by atoms with Crippen molar-refractivity contribution in [3.8, 4) is 0 Å². The molecular formula is C21H36N6O4S. The molecule has 1 aliphatic rings. The van der Waals surface area contributed by atoms with Gasteiger partial charge in [-0.15, -0.1) is 0 Å². The third-order valence-corrected chi connectivity index (χ3v) is 7.82. The summed E-state index contributed by atoms with van der Waals surface area (Å²) >= 11 is 0. The van der Waals surface area contributed by atoms with Crippen molar-refractivity contribution < 1.29 is 18.0 Å². The molecule has 0 bridgehead atoms. The van der Waals surface area contributed by atoms with Crippen LogP contribution in [0.1, 0.15) is 38.1 Å². The molecule has 1 saturated heterocycles. The molecule has 1 aromatic rings. The van der Waals surface area contributed by atoms with E-state index in [1.807, 2.05) is 30.9 Å². The maximum absolute atomic E-state index is 12.6. The summed E-state index contributed by atoms with van der Waals surface area (Å²) in [4.78, 5) is 28.6. The van der Waals surface area contributed by atoms with Crippen molar-refractivity contribution in [3.05, 3.63) is 29.8 Å². The van der Waals surface area contributed by atoms with Gasteiger partial charge in [0.1, 0.15) is 0 Å². The molecule has 0 atom stereocenters. The van der Waals surface area contributed by atoms with Crippen LogP contribution < -0.4 is 15.8 Å². The summed E-state index contributed by atoms with van der Waals surface area (Å²) in [5.41, 5.74) is 6.37. The Morgan fingerprint density at radius 2 is 1.44 bits per heavy atom. The summed E-state index contributed by atoms with van der Waals surface area (Å²) in [5.74, 6) is -0.738. The van der Waals surface area contributed by atoms with Crippen molar-refractivity contribution in [2.45, 2.75) is 27.7 Å². The Bertz CT molecular complexity index is 846. The molecule has 0 unspecified atom stereocenters. The van der Waals surface area contributed by atoms with Gasteiger partial charge >= 0.3 is 0 Å². The summed E-state index contributed by atoms with van der Waals surface area (Å²) in [5, 5.41) is 0. The second kappa shape index (κ2) is 12.1. The molecule has 1 fully saturated rings. The van der Waals surface area contributed by atoms with Crippen molar-refractivity contribution in [1.29, 1.82) is 0 Å². The lowest BCUT2D eigenvalue weighted by Gasteiger charge is -2.35. The second-order valence-corrected chi connectivity index (χ2v) is 9.42. The van der Waals surface area contributed by atoms with Gasteiger partial charge in [-0.3, -0.25) is 25.3 Å². The minimum Gasteiger partial charge on any atom is -0.372 e. The first kappa shape index (κ1) is 26.0. The highest BCUT2D eigenvalue weighted by atomic mass is 32.2. The SMILES string of the molecule is CCN(CC)c1ccc(C(=O)NNC(=O)CN2CCN(S(=O)(=O)N(CC)CC)CC2)cc1. The van der Waals surface area contributed by atoms with Crippen LogP contribution in [-0.4, -0.2) is 92.6 Å². The van der Waals surface area contributed by atoms with Crippen LogP contribution in [0.4, 0.5) is 5.69 Å². The molecule has 2 amide bonds. The van der Waals surface area contributed by atoms with Gasteiger partial charge in [0.25, 0.3) is 22.0 Å². The van der Waals surface area contributed by atoms with Gasteiger partial charge in [-0.05, 0) is 38.1 Å². The first-order valence-electron chi connectivity index (χ1n) is 11.2. The van der Waals surface area contributed by atoms with E-state index in [1.54, 1.807) is 12.1 Å². The number of hydrazine groups is 1. The molecule has 180 valence electrons. The third-order valence-electron chi connectivity index (χ3n) is 5.63. The van der Waals surface area contributed by atoms with E-state index in [1.165, 1.54) is 8.61 Å². The first-order chi connectivity index (χ1) is 15.3. The normalized spacial score (nSPS) is 15.5. The number of hydrogen-bond acceptors (Lipinski definition) is 6. The Hall–Kier alpha value is -2.21. The van der Waals surface area contributed by atoms with Crippen LogP contribution in [-0.2, 0) is 15.0 Å². The Morgan fingerprint density at radius 1 is 0.875 bits per heavy atom. The lowest BCUT2D eigenvalue weighted by Crippen LogP contribution is -2.55. The number of nitrogens with one attached hydrogen (secondary N) is 2. The number of carbonyl (C=O) groups is 2. The van der Waals surface area contributed by atoms with Crippen LogP contribution in [0.5, 0.6) is 0 Å². The van der Waals surface area contributed by atoms with Gasteiger partial charge in [-0.1, -0.05) is 13.8 Å². The number of carbonyl (C=O) groups excluding carboxylic acids is 2. The highest BCUT2D eigenvalue weighted by molar-refractivity contribution is 7.86. The van der Waals surface area contributed by atoms with Gasteiger partial charge in [0.2, 0.25) is 0 Å². The summed E-state index contributed by atoms with van der Waals surface area (Å²) in [6.07, 6.45) is 0. The van der Waals surface area contributed by atoms with Crippen LogP contribution in [0.2, 0.25) is 0 Å². The molecule has 2 rings (SSSR count). The molecule has 2 N–H and O–H groups in total. The van der Waals surface area contributed by atoms with E-state index in [4.69, 9.17) is 0 Å². The van der Waals surface area contributed by atoms with E-state index < -0.39 is 10.2 Å². The number of nitrogens with zero attached hydrogens (tertiary/aromatic N) is 4. The molecule has 0 radical (unpaired) electrons. The van der Waals surface area contributed by atoms with Gasteiger partial charge in [0, 0.05) is 63.6 Å². The summed E-state index contributed by atoms with van der Waals surface area (Å²) in [6.45, 7) is 12.1.